The lowest BCUT2D eigenvalue weighted by molar-refractivity contribution is 0.0651. The van der Waals surface area contributed by atoms with E-state index in [1.165, 1.54) is 5.06 Å². The van der Waals surface area contributed by atoms with Crippen molar-refractivity contribution in [2.24, 2.45) is 0 Å². The van der Waals surface area contributed by atoms with E-state index in [0.717, 1.165) is 23.0 Å². The zero-order chi connectivity index (χ0) is 15.4. The maximum absolute atomic E-state index is 12.8. The molecule has 112 valence electrons. The highest BCUT2D eigenvalue weighted by atomic mass is 16.7. The van der Waals surface area contributed by atoms with Gasteiger partial charge in [-0.2, -0.15) is 5.06 Å². The Kier molecular flexibility index (Phi) is 4.21. The van der Waals surface area contributed by atoms with E-state index in [2.05, 4.69) is 4.98 Å². The van der Waals surface area contributed by atoms with Gasteiger partial charge in [-0.15, -0.1) is 0 Å². The number of hydroxylamine groups is 1. The number of rotatable bonds is 5. The van der Waals surface area contributed by atoms with Crippen molar-refractivity contribution in [1.29, 1.82) is 0 Å². The molecule has 4 heteroatoms. The summed E-state index contributed by atoms with van der Waals surface area (Å²) >= 11 is 0. The van der Waals surface area contributed by atoms with E-state index in [-0.39, 0.29) is 5.91 Å². The Balaban J connectivity index is 2.03. The predicted octanol–water partition coefficient (Wildman–Crippen LogP) is 4.16. The van der Waals surface area contributed by atoms with E-state index in [1.54, 1.807) is 12.1 Å². The van der Waals surface area contributed by atoms with Gasteiger partial charge in [0.25, 0.3) is 5.91 Å². The molecule has 1 amide bonds. The lowest BCUT2D eigenvalue weighted by Gasteiger charge is -2.22. The monoisotopic (exact) mass is 294 g/mol. The second kappa shape index (κ2) is 6.45. The van der Waals surface area contributed by atoms with E-state index in [9.17, 15) is 4.79 Å². The number of hydrogen-bond acceptors (Lipinski definition) is 2. The minimum Gasteiger partial charge on any atom is -0.361 e. The van der Waals surface area contributed by atoms with Crippen molar-refractivity contribution in [2.45, 2.75) is 13.3 Å². The van der Waals surface area contributed by atoms with E-state index in [0.29, 0.717) is 12.2 Å². The molecule has 0 fully saturated rings. The van der Waals surface area contributed by atoms with Gasteiger partial charge in [0.1, 0.15) is 0 Å². The summed E-state index contributed by atoms with van der Waals surface area (Å²) in [4.78, 5) is 21.7. The summed E-state index contributed by atoms with van der Waals surface area (Å²) < 4.78 is 0. The Bertz CT molecular complexity index is 765. The molecule has 1 heterocycles. The first-order chi connectivity index (χ1) is 10.8. The van der Waals surface area contributed by atoms with Crippen LogP contribution >= 0.6 is 0 Å². The molecule has 0 atom stereocenters. The van der Waals surface area contributed by atoms with E-state index < -0.39 is 0 Å². The minimum atomic E-state index is -0.164. The third kappa shape index (κ3) is 2.73. The van der Waals surface area contributed by atoms with Crippen LogP contribution in [-0.4, -0.2) is 17.5 Å². The highest BCUT2D eigenvalue weighted by Gasteiger charge is 2.20. The summed E-state index contributed by atoms with van der Waals surface area (Å²) in [6, 6.07) is 16.9. The van der Waals surface area contributed by atoms with Crippen LogP contribution in [0.1, 0.15) is 23.7 Å². The van der Waals surface area contributed by atoms with Crippen LogP contribution in [0.5, 0.6) is 0 Å². The molecule has 0 spiro atoms. The fourth-order valence-corrected chi connectivity index (χ4v) is 2.36. The molecule has 3 aromatic rings. The molecule has 0 saturated heterocycles. The van der Waals surface area contributed by atoms with Gasteiger partial charge in [-0.3, -0.25) is 9.63 Å². The fraction of sp³-hybridized carbons (Fsp3) is 0.167. The lowest BCUT2D eigenvalue weighted by atomic mass is 10.1. The van der Waals surface area contributed by atoms with Crippen molar-refractivity contribution >= 4 is 22.5 Å². The molecule has 0 saturated carbocycles. The summed E-state index contributed by atoms with van der Waals surface area (Å²) in [5.41, 5.74) is 2.33. The Morgan fingerprint density at radius 2 is 1.91 bits per heavy atom. The highest BCUT2D eigenvalue weighted by molar-refractivity contribution is 6.09. The molecule has 0 aliphatic heterocycles. The molecule has 1 aromatic heterocycles. The quantitative estimate of drug-likeness (QED) is 0.718. The van der Waals surface area contributed by atoms with Gasteiger partial charge in [-0.1, -0.05) is 31.2 Å². The first-order valence-electron chi connectivity index (χ1n) is 7.40. The standard InChI is InChI=1S/C18H18N2O2/c1-2-13-22-20(18(21)14-7-4-3-5-8-14)17-10-6-9-16-15(17)11-12-19-16/h3-12,19H,2,13H2,1H3. The molecule has 22 heavy (non-hydrogen) atoms. The third-order valence-corrected chi connectivity index (χ3v) is 3.42. The molecule has 0 unspecified atom stereocenters. The highest BCUT2D eigenvalue weighted by Crippen LogP contribution is 2.27. The summed E-state index contributed by atoms with van der Waals surface area (Å²) in [5.74, 6) is -0.164. The number of aromatic nitrogens is 1. The first kappa shape index (κ1) is 14.4. The maximum Gasteiger partial charge on any atom is 0.282 e. The molecule has 3 rings (SSSR count). The van der Waals surface area contributed by atoms with Crippen molar-refractivity contribution in [2.75, 3.05) is 11.7 Å². The van der Waals surface area contributed by atoms with Crippen molar-refractivity contribution in [3.63, 3.8) is 0 Å². The number of carbonyl (C=O) groups is 1. The van der Waals surface area contributed by atoms with Gasteiger partial charge in [0, 0.05) is 22.7 Å². The lowest BCUT2D eigenvalue weighted by Crippen LogP contribution is -2.31. The summed E-state index contributed by atoms with van der Waals surface area (Å²) in [6.45, 7) is 2.50. The van der Waals surface area contributed by atoms with Crippen LogP contribution in [0.2, 0.25) is 0 Å². The zero-order valence-electron chi connectivity index (χ0n) is 12.5. The van der Waals surface area contributed by atoms with Gasteiger partial charge >= 0.3 is 0 Å². The molecule has 0 radical (unpaired) electrons. The summed E-state index contributed by atoms with van der Waals surface area (Å²) in [7, 11) is 0. The van der Waals surface area contributed by atoms with E-state index in [4.69, 9.17) is 4.84 Å². The van der Waals surface area contributed by atoms with Crippen LogP contribution in [0.25, 0.3) is 10.9 Å². The number of nitrogens with one attached hydrogen (secondary N) is 1. The van der Waals surface area contributed by atoms with Crippen LogP contribution in [0.4, 0.5) is 5.69 Å². The van der Waals surface area contributed by atoms with Crippen LogP contribution in [0.15, 0.2) is 60.8 Å². The van der Waals surface area contributed by atoms with Crippen LogP contribution in [0.3, 0.4) is 0 Å². The maximum atomic E-state index is 12.8. The topological polar surface area (TPSA) is 45.3 Å². The number of nitrogens with zero attached hydrogens (tertiary/aromatic N) is 1. The van der Waals surface area contributed by atoms with Gasteiger partial charge < -0.3 is 4.98 Å². The van der Waals surface area contributed by atoms with Gasteiger partial charge in [0.2, 0.25) is 0 Å². The first-order valence-corrected chi connectivity index (χ1v) is 7.40. The molecule has 4 nitrogen and oxygen atoms in total. The fourth-order valence-electron chi connectivity index (χ4n) is 2.36. The Morgan fingerprint density at radius 3 is 2.68 bits per heavy atom. The number of H-pyrrole nitrogens is 1. The number of anilines is 1. The Hall–Kier alpha value is -2.59. The largest absolute Gasteiger partial charge is 0.361 e. The molecule has 0 aliphatic carbocycles. The second-order valence-corrected chi connectivity index (χ2v) is 5.01. The van der Waals surface area contributed by atoms with Gasteiger partial charge in [0.15, 0.2) is 0 Å². The molecule has 0 aliphatic rings. The van der Waals surface area contributed by atoms with Crippen molar-refractivity contribution in [3.8, 4) is 0 Å². The Labute approximate surface area is 129 Å². The number of aromatic amines is 1. The van der Waals surface area contributed by atoms with Crippen LogP contribution in [-0.2, 0) is 4.84 Å². The molecular formula is C18H18N2O2. The van der Waals surface area contributed by atoms with Crippen LogP contribution in [0, 0.1) is 0 Å². The van der Waals surface area contributed by atoms with Gasteiger partial charge in [0.05, 0.1) is 12.3 Å². The zero-order valence-corrected chi connectivity index (χ0v) is 12.5. The number of carbonyl (C=O) groups excluding carboxylic acids is 1. The van der Waals surface area contributed by atoms with E-state index >= 15 is 0 Å². The summed E-state index contributed by atoms with van der Waals surface area (Å²) in [5, 5.41) is 2.36. The SMILES string of the molecule is CCCON(C(=O)c1ccccc1)c1cccc2[nH]ccc12. The molecule has 2 aromatic carbocycles. The second-order valence-electron chi connectivity index (χ2n) is 5.01. The van der Waals surface area contributed by atoms with Crippen molar-refractivity contribution < 1.29 is 9.63 Å². The van der Waals surface area contributed by atoms with Crippen LogP contribution < -0.4 is 5.06 Å². The van der Waals surface area contributed by atoms with E-state index in [1.807, 2.05) is 55.6 Å². The molecule has 0 bridgehead atoms. The normalized spacial score (nSPS) is 10.8. The number of benzene rings is 2. The smallest absolute Gasteiger partial charge is 0.282 e. The predicted molar refractivity (Wildman–Crippen MR) is 87.8 cm³/mol. The van der Waals surface area contributed by atoms with Crippen molar-refractivity contribution in [3.05, 3.63) is 66.4 Å². The van der Waals surface area contributed by atoms with Crippen molar-refractivity contribution in [1.82, 2.24) is 4.98 Å². The third-order valence-electron chi connectivity index (χ3n) is 3.42. The van der Waals surface area contributed by atoms with Gasteiger partial charge in [-0.25, -0.2) is 0 Å². The summed E-state index contributed by atoms with van der Waals surface area (Å²) in [6.07, 6.45) is 2.70. The number of fused-ring (bicyclic) bond motifs is 1. The average molecular weight is 294 g/mol. The number of hydrogen-bond donors (Lipinski definition) is 1. The minimum absolute atomic E-state index is 0.164. The number of amides is 1. The Morgan fingerprint density at radius 1 is 1.09 bits per heavy atom. The molecule has 1 N–H and O–H groups in total. The van der Waals surface area contributed by atoms with Gasteiger partial charge in [-0.05, 0) is 36.8 Å². The average Bonchev–Trinajstić information content (AvgIpc) is 3.05. The molecular weight excluding hydrogens is 276 g/mol.